The molecule has 3 aromatic rings. The van der Waals surface area contributed by atoms with Crippen LogP contribution in [0.15, 0.2) is 54.9 Å². The highest BCUT2D eigenvalue weighted by molar-refractivity contribution is 6.07. The summed E-state index contributed by atoms with van der Waals surface area (Å²) in [6.07, 6.45) is 9.50. The molecule has 2 aliphatic rings. The van der Waals surface area contributed by atoms with Crippen molar-refractivity contribution in [2.45, 2.75) is 31.4 Å². The van der Waals surface area contributed by atoms with Crippen LogP contribution < -0.4 is 5.32 Å². The van der Waals surface area contributed by atoms with Crippen molar-refractivity contribution < 1.29 is 9.53 Å². The largest absolute Gasteiger partial charge is 0.372 e. The van der Waals surface area contributed by atoms with Gasteiger partial charge in [0.05, 0.1) is 29.3 Å². The zero-order valence-corrected chi connectivity index (χ0v) is 15.1. The number of carbonyl (C=O) groups is 1. The van der Waals surface area contributed by atoms with E-state index in [1.54, 1.807) is 6.20 Å². The molecule has 3 heterocycles. The molecular weight excluding hydrogens is 340 g/mol. The van der Waals surface area contributed by atoms with Crippen LogP contribution in [0.25, 0.3) is 16.7 Å². The smallest absolute Gasteiger partial charge is 0.252 e. The van der Waals surface area contributed by atoms with Crippen LogP contribution in [0, 0.1) is 6.92 Å². The molecule has 5 rings (SSSR count). The Morgan fingerprint density at radius 1 is 1.37 bits per heavy atom. The number of aryl methyl sites for hydroxylation is 1. The number of ether oxygens (including phenoxy) is 1. The van der Waals surface area contributed by atoms with E-state index in [2.05, 4.69) is 22.5 Å². The maximum Gasteiger partial charge on any atom is 0.252 e. The first-order valence-corrected chi connectivity index (χ1v) is 9.14. The van der Waals surface area contributed by atoms with Crippen LogP contribution in [0.2, 0.25) is 0 Å². The molecule has 0 spiro atoms. The second-order valence-corrected chi connectivity index (χ2v) is 7.31. The van der Waals surface area contributed by atoms with Gasteiger partial charge in [-0.15, -0.1) is 0 Å². The molecule has 1 amide bonds. The molecular formula is C21H20N4O2. The molecule has 0 saturated carbocycles. The van der Waals surface area contributed by atoms with Gasteiger partial charge in [0.2, 0.25) is 0 Å². The van der Waals surface area contributed by atoms with E-state index >= 15 is 0 Å². The molecule has 2 aromatic heterocycles. The van der Waals surface area contributed by atoms with Gasteiger partial charge in [-0.05, 0) is 25.5 Å². The van der Waals surface area contributed by atoms with E-state index in [0.29, 0.717) is 18.0 Å². The van der Waals surface area contributed by atoms with Crippen molar-refractivity contribution in [3.63, 3.8) is 0 Å². The van der Waals surface area contributed by atoms with Gasteiger partial charge >= 0.3 is 0 Å². The standard InChI is InChI=1S/C21H20N4O2/c1-14-22-9-10-25(14)19-11-17(16-6-2-3-7-18(16)23-19)20(26)24-21-8-4-5-15(12-21)27-13-21/h2-7,9-11,15H,8,12-13H2,1H3,(H,24,26). The van der Waals surface area contributed by atoms with Gasteiger partial charge < -0.3 is 10.1 Å². The van der Waals surface area contributed by atoms with Crippen molar-refractivity contribution in [1.82, 2.24) is 19.9 Å². The summed E-state index contributed by atoms with van der Waals surface area (Å²) in [5.41, 5.74) is 1.09. The maximum atomic E-state index is 13.3. The van der Waals surface area contributed by atoms with Crippen molar-refractivity contribution >= 4 is 16.8 Å². The van der Waals surface area contributed by atoms with Crippen molar-refractivity contribution in [1.29, 1.82) is 0 Å². The lowest BCUT2D eigenvalue weighted by Gasteiger charge is -2.29. The summed E-state index contributed by atoms with van der Waals surface area (Å²) in [4.78, 5) is 22.3. The van der Waals surface area contributed by atoms with E-state index in [4.69, 9.17) is 9.72 Å². The second-order valence-electron chi connectivity index (χ2n) is 7.31. The van der Waals surface area contributed by atoms with Crippen molar-refractivity contribution in [2.75, 3.05) is 6.61 Å². The predicted octanol–water partition coefficient (Wildman–Crippen LogP) is 2.95. The molecule has 1 aromatic carbocycles. The summed E-state index contributed by atoms with van der Waals surface area (Å²) in [6, 6.07) is 9.57. The van der Waals surface area contributed by atoms with E-state index < -0.39 is 0 Å². The summed E-state index contributed by atoms with van der Waals surface area (Å²) >= 11 is 0. The van der Waals surface area contributed by atoms with Gasteiger partial charge in [0.1, 0.15) is 11.6 Å². The Labute approximate surface area is 156 Å². The van der Waals surface area contributed by atoms with E-state index in [1.807, 2.05) is 48.0 Å². The number of aromatic nitrogens is 3. The zero-order chi connectivity index (χ0) is 18.4. The Morgan fingerprint density at radius 3 is 3.11 bits per heavy atom. The molecule has 2 unspecified atom stereocenters. The van der Waals surface area contributed by atoms with Crippen LogP contribution in [0.4, 0.5) is 0 Å². The number of carbonyl (C=O) groups excluding carboxylic acids is 1. The first-order chi connectivity index (χ1) is 13.1. The van der Waals surface area contributed by atoms with Crippen molar-refractivity contribution in [2.24, 2.45) is 0 Å². The van der Waals surface area contributed by atoms with Crippen molar-refractivity contribution in [3.8, 4) is 5.82 Å². The summed E-state index contributed by atoms with van der Waals surface area (Å²) in [5.74, 6) is 1.43. The minimum atomic E-state index is -0.314. The maximum absolute atomic E-state index is 13.3. The lowest BCUT2D eigenvalue weighted by molar-refractivity contribution is 0.0876. The van der Waals surface area contributed by atoms with Gasteiger partial charge in [0.25, 0.3) is 5.91 Å². The Bertz CT molecular complexity index is 1070. The Balaban J connectivity index is 1.58. The zero-order valence-electron chi connectivity index (χ0n) is 15.1. The molecule has 1 N–H and O–H groups in total. The van der Waals surface area contributed by atoms with Gasteiger partial charge in [-0.2, -0.15) is 0 Å². The normalized spacial score (nSPS) is 23.7. The number of rotatable bonds is 3. The third kappa shape index (κ3) is 2.73. The molecule has 136 valence electrons. The first-order valence-electron chi connectivity index (χ1n) is 9.14. The number of para-hydroxylation sites is 1. The van der Waals surface area contributed by atoms with Crippen molar-refractivity contribution in [3.05, 3.63) is 66.3 Å². The number of pyridine rings is 1. The summed E-state index contributed by atoms with van der Waals surface area (Å²) in [5, 5.41) is 4.09. The highest BCUT2D eigenvalue weighted by Gasteiger charge is 2.42. The third-order valence-corrected chi connectivity index (χ3v) is 5.42. The van der Waals surface area contributed by atoms with Gasteiger partial charge in [0.15, 0.2) is 0 Å². The number of nitrogens with zero attached hydrogens (tertiary/aromatic N) is 3. The highest BCUT2D eigenvalue weighted by Crippen LogP contribution is 2.33. The summed E-state index contributed by atoms with van der Waals surface area (Å²) in [6.45, 7) is 2.47. The molecule has 1 saturated heterocycles. The minimum absolute atomic E-state index is 0.0906. The average molecular weight is 360 g/mol. The minimum Gasteiger partial charge on any atom is -0.372 e. The van der Waals surface area contributed by atoms with E-state index in [9.17, 15) is 4.79 Å². The molecule has 2 atom stereocenters. The van der Waals surface area contributed by atoms with Crippen LogP contribution in [-0.4, -0.2) is 38.7 Å². The number of hydrogen-bond acceptors (Lipinski definition) is 4. The monoisotopic (exact) mass is 360 g/mol. The SMILES string of the molecule is Cc1nccn1-c1cc(C(=O)NC23CC=CC(C2)OC3)c2ccccc2n1. The lowest BCUT2D eigenvalue weighted by atomic mass is 9.87. The van der Waals surface area contributed by atoms with Crippen LogP contribution in [-0.2, 0) is 4.74 Å². The average Bonchev–Trinajstić information content (AvgIpc) is 3.23. The molecule has 1 fully saturated rings. The predicted molar refractivity (Wildman–Crippen MR) is 102 cm³/mol. The van der Waals surface area contributed by atoms with Crippen LogP contribution in [0.5, 0.6) is 0 Å². The molecule has 0 radical (unpaired) electrons. The third-order valence-electron chi connectivity index (χ3n) is 5.42. The fourth-order valence-corrected chi connectivity index (χ4v) is 4.02. The number of benzene rings is 1. The topological polar surface area (TPSA) is 69.0 Å². The highest BCUT2D eigenvalue weighted by atomic mass is 16.5. The molecule has 27 heavy (non-hydrogen) atoms. The second kappa shape index (κ2) is 6.03. The van der Waals surface area contributed by atoms with E-state index in [-0.39, 0.29) is 17.6 Å². The fraction of sp³-hybridized carbons (Fsp3) is 0.286. The summed E-state index contributed by atoms with van der Waals surface area (Å²) < 4.78 is 7.67. The number of nitrogens with one attached hydrogen (secondary N) is 1. The Morgan fingerprint density at radius 2 is 2.26 bits per heavy atom. The summed E-state index contributed by atoms with van der Waals surface area (Å²) in [7, 11) is 0. The van der Waals surface area contributed by atoms with Gasteiger partial charge in [-0.3, -0.25) is 9.36 Å². The molecule has 2 bridgehead atoms. The van der Waals surface area contributed by atoms with Gasteiger partial charge in [0, 0.05) is 24.2 Å². The molecule has 1 aliphatic carbocycles. The van der Waals surface area contributed by atoms with Crippen LogP contribution in [0.1, 0.15) is 29.0 Å². The van der Waals surface area contributed by atoms with Gasteiger partial charge in [-0.1, -0.05) is 30.4 Å². The fourth-order valence-electron chi connectivity index (χ4n) is 4.02. The number of hydrogen-bond donors (Lipinski definition) is 1. The first kappa shape index (κ1) is 16.2. The number of amides is 1. The van der Waals surface area contributed by atoms with E-state index in [0.717, 1.165) is 29.6 Å². The molecule has 6 heteroatoms. The number of imidazole rings is 1. The molecule has 1 aliphatic heterocycles. The number of fused-ring (bicyclic) bond motifs is 3. The van der Waals surface area contributed by atoms with E-state index in [1.165, 1.54) is 0 Å². The lowest BCUT2D eigenvalue weighted by Crippen LogP contribution is -2.49. The Hall–Kier alpha value is -2.99. The Kier molecular flexibility index (Phi) is 3.62. The van der Waals surface area contributed by atoms with Crippen LogP contribution in [0.3, 0.4) is 0 Å². The quantitative estimate of drug-likeness (QED) is 0.729. The van der Waals surface area contributed by atoms with Gasteiger partial charge in [-0.25, -0.2) is 9.97 Å². The molecule has 6 nitrogen and oxygen atoms in total. The van der Waals surface area contributed by atoms with Crippen LogP contribution >= 0.6 is 0 Å².